The number of benzene rings is 1. The van der Waals surface area contributed by atoms with Gasteiger partial charge in [0.05, 0.1) is 17.6 Å². The number of rotatable bonds is 5. The summed E-state index contributed by atoms with van der Waals surface area (Å²) in [6, 6.07) is 8.20. The van der Waals surface area contributed by atoms with Crippen molar-refractivity contribution in [2.24, 2.45) is 5.92 Å². The molecule has 2 aromatic rings. The predicted octanol–water partition coefficient (Wildman–Crippen LogP) is 5.10. The van der Waals surface area contributed by atoms with Crippen LogP contribution in [0.25, 0.3) is 5.69 Å². The highest BCUT2D eigenvalue weighted by molar-refractivity contribution is 7.99. The lowest BCUT2D eigenvalue weighted by Crippen LogP contribution is -2.25. The number of hydrogen-bond acceptors (Lipinski definition) is 4. The maximum Gasteiger partial charge on any atom is 0.292 e. The van der Waals surface area contributed by atoms with Gasteiger partial charge in [-0.15, -0.1) is 0 Å². The Hall–Kier alpha value is -1.46. The van der Waals surface area contributed by atoms with Crippen molar-refractivity contribution in [3.63, 3.8) is 0 Å². The van der Waals surface area contributed by atoms with Crippen LogP contribution in [0.3, 0.4) is 0 Å². The van der Waals surface area contributed by atoms with E-state index >= 15 is 0 Å². The molecule has 1 saturated carbocycles. The molecule has 2 fully saturated rings. The Bertz CT molecular complexity index is 824. The molecule has 0 amide bonds. The van der Waals surface area contributed by atoms with Crippen LogP contribution in [0.2, 0.25) is 5.02 Å². The molecule has 0 bridgehead atoms. The van der Waals surface area contributed by atoms with Gasteiger partial charge in [0.1, 0.15) is 5.02 Å². The lowest BCUT2D eigenvalue weighted by Gasteiger charge is -2.22. The van der Waals surface area contributed by atoms with Gasteiger partial charge >= 0.3 is 0 Å². The topological polar surface area (TPSA) is 46.9 Å². The summed E-state index contributed by atoms with van der Waals surface area (Å²) in [7, 11) is 0. The first-order valence-corrected chi connectivity index (χ1v) is 11.5. The molecule has 0 spiro atoms. The van der Waals surface area contributed by atoms with Crippen molar-refractivity contribution in [3.8, 4) is 5.69 Å². The maximum absolute atomic E-state index is 12.7. The van der Waals surface area contributed by atoms with Gasteiger partial charge in [0.2, 0.25) is 0 Å². The van der Waals surface area contributed by atoms with Gasteiger partial charge in [0, 0.05) is 6.54 Å². The lowest BCUT2D eigenvalue weighted by atomic mass is 9.98. The minimum absolute atomic E-state index is 0.216. The molecule has 1 N–H and O–H groups in total. The average Bonchev–Trinajstić information content (AvgIpc) is 3.25. The van der Waals surface area contributed by atoms with Crippen LogP contribution in [-0.4, -0.2) is 27.8 Å². The summed E-state index contributed by atoms with van der Waals surface area (Å²) < 4.78 is 1.39. The van der Waals surface area contributed by atoms with Gasteiger partial charge in [-0.25, -0.2) is 0 Å². The van der Waals surface area contributed by atoms with E-state index in [0.29, 0.717) is 17.5 Å². The molecule has 4 rings (SSSR count). The number of halogens is 1. The zero-order valence-corrected chi connectivity index (χ0v) is 17.1. The fourth-order valence-corrected chi connectivity index (χ4v) is 5.46. The first kappa shape index (κ1) is 18.9. The Morgan fingerprint density at radius 1 is 1.15 bits per heavy atom. The smallest absolute Gasteiger partial charge is 0.292 e. The van der Waals surface area contributed by atoms with E-state index in [1.54, 1.807) is 6.20 Å². The van der Waals surface area contributed by atoms with Crippen LogP contribution in [0.15, 0.2) is 35.3 Å². The van der Waals surface area contributed by atoms with Crippen LogP contribution in [0.5, 0.6) is 0 Å². The number of aromatic nitrogens is 2. The van der Waals surface area contributed by atoms with E-state index in [9.17, 15) is 4.79 Å². The zero-order valence-electron chi connectivity index (χ0n) is 15.5. The largest absolute Gasteiger partial charge is 0.382 e. The van der Waals surface area contributed by atoms with Crippen LogP contribution >= 0.6 is 23.4 Å². The van der Waals surface area contributed by atoms with Crippen molar-refractivity contribution in [1.29, 1.82) is 0 Å². The van der Waals surface area contributed by atoms with E-state index in [2.05, 4.69) is 22.5 Å². The summed E-state index contributed by atoms with van der Waals surface area (Å²) in [5, 5.41) is 7.90. The first-order chi connectivity index (χ1) is 13.2. The highest BCUT2D eigenvalue weighted by atomic mass is 35.5. The van der Waals surface area contributed by atoms with Gasteiger partial charge in [0.15, 0.2) is 0 Å². The molecule has 2 aliphatic rings. The second-order valence-corrected chi connectivity index (χ2v) is 9.15. The highest BCUT2D eigenvalue weighted by Gasteiger charge is 2.18. The SMILES string of the molecule is O=c1c(Cl)c(NCC2CCCSC2)cnn1-c1ccc(C2CCCC2)cc1. The third-order valence-electron chi connectivity index (χ3n) is 5.72. The Morgan fingerprint density at radius 2 is 1.93 bits per heavy atom. The summed E-state index contributed by atoms with van der Waals surface area (Å²) in [6.07, 6.45) is 9.34. The zero-order chi connectivity index (χ0) is 18.6. The van der Waals surface area contributed by atoms with E-state index in [4.69, 9.17) is 11.6 Å². The third kappa shape index (κ3) is 4.35. The summed E-state index contributed by atoms with van der Waals surface area (Å²) >= 11 is 8.36. The van der Waals surface area contributed by atoms with E-state index in [-0.39, 0.29) is 10.6 Å². The second kappa shape index (κ2) is 8.70. The predicted molar refractivity (Wildman–Crippen MR) is 115 cm³/mol. The van der Waals surface area contributed by atoms with Crippen molar-refractivity contribution >= 4 is 29.1 Å². The van der Waals surface area contributed by atoms with E-state index in [1.807, 2.05) is 23.9 Å². The van der Waals surface area contributed by atoms with Crippen molar-refractivity contribution < 1.29 is 0 Å². The van der Waals surface area contributed by atoms with E-state index < -0.39 is 0 Å². The molecule has 1 aliphatic heterocycles. The Kier molecular flexibility index (Phi) is 6.08. The van der Waals surface area contributed by atoms with Crippen molar-refractivity contribution in [2.45, 2.75) is 44.4 Å². The molecular formula is C21H26ClN3OS. The minimum atomic E-state index is -0.270. The van der Waals surface area contributed by atoms with E-state index in [0.717, 1.165) is 12.2 Å². The van der Waals surface area contributed by atoms with Crippen LogP contribution in [0.1, 0.15) is 50.0 Å². The number of hydrogen-bond donors (Lipinski definition) is 1. The molecule has 144 valence electrons. The van der Waals surface area contributed by atoms with Crippen LogP contribution in [-0.2, 0) is 0 Å². The fraction of sp³-hybridized carbons (Fsp3) is 0.524. The second-order valence-electron chi connectivity index (χ2n) is 7.63. The van der Waals surface area contributed by atoms with Crippen LogP contribution in [0.4, 0.5) is 5.69 Å². The third-order valence-corrected chi connectivity index (χ3v) is 7.37. The molecule has 0 radical (unpaired) electrons. The molecule has 4 nitrogen and oxygen atoms in total. The van der Waals surface area contributed by atoms with Gasteiger partial charge in [-0.2, -0.15) is 21.5 Å². The number of nitrogens with one attached hydrogen (secondary N) is 1. The monoisotopic (exact) mass is 403 g/mol. The van der Waals surface area contributed by atoms with Gasteiger partial charge < -0.3 is 5.32 Å². The average molecular weight is 404 g/mol. The van der Waals surface area contributed by atoms with E-state index in [1.165, 1.54) is 60.3 Å². The molecule has 1 unspecified atom stereocenters. The maximum atomic E-state index is 12.7. The molecule has 1 saturated heterocycles. The van der Waals surface area contributed by atoms with Crippen LogP contribution in [0, 0.1) is 5.92 Å². The Labute approximate surface area is 169 Å². The van der Waals surface area contributed by atoms with Gasteiger partial charge in [0.25, 0.3) is 5.56 Å². The molecule has 1 aliphatic carbocycles. The molecule has 27 heavy (non-hydrogen) atoms. The quantitative estimate of drug-likeness (QED) is 0.754. The lowest BCUT2D eigenvalue weighted by molar-refractivity contribution is 0.548. The summed E-state index contributed by atoms with van der Waals surface area (Å²) in [4.78, 5) is 12.7. The minimum Gasteiger partial charge on any atom is -0.382 e. The Balaban J connectivity index is 1.48. The van der Waals surface area contributed by atoms with Gasteiger partial charge in [-0.05, 0) is 66.7 Å². The van der Waals surface area contributed by atoms with Crippen molar-refractivity contribution in [3.05, 3.63) is 51.4 Å². The Morgan fingerprint density at radius 3 is 2.63 bits per heavy atom. The summed E-state index contributed by atoms with van der Waals surface area (Å²) in [6.45, 7) is 0.841. The van der Waals surface area contributed by atoms with Crippen molar-refractivity contribution in [2.75, 3.05) is 23.4 Å². The molecule has 1 aromatic carbocycles. The number of anilines is 1. The number of thioether (sulfide) groups is 1. The molecule has 6 heteroatoms. The molecule has 1 aromatic heterocycles. The molecule has 2 heterocycles. The summed E-state index contributed by atoms with van der Waals surface area (Å²) in [5.74, 6) is 3.72. The van der Waals surface area contributed by atoms with Gasteiger partial charge in [-0.1, -0.05) is 36.6 Å². The first-order valence-electron chi connectivity index (χ1n) is 9.92. The standard InChI is InChI=1S/C21H26ClN3OS/c22-20-19(23-12-15-4-3-11-27-14-15)13-24-25(21(20)26)18-9-7-17(8-10-18)16-5-1-2-6-16/h7-10,13,15-16,23H,1-6,11-12,14H2. The molecule has 1 atom stereocenters. The molecular weight excluding hydrogens is 378 g/mol. The normalized spacial score (nSPS) is 20.7. The fourth-order valence-electron chi connectivity index (χ4n) is 4.11. The van der Waals surface area contributed by atoms with Crippen molar-refractivity contribution in [1.82, 2.24) is 9.78 Å². The number of nitrogens with zero attached hydrogens (tertiary/aromatic N) is 2. The highest BCUT2D eigenvalue weighted by Crippen LogP contribution is 2.34. The van der Waals surface area contributed by atoms with Crippen LogP contribution < -0.4 is 10.9 Å². The van der Waals surface area contributed by atoms with Gasteiger partial charge in [-0.3, -0.25) is 4.79 Å². The summed E-state index contributed by atoms with van der Waals surface area (Å²) in [5.41, 5.74) is 2.49.